The normalized spacial score (nSPS) is 11.9. The number of hydrogen-bond acceptors (Lipinski definition) is 20. The van der Waals surface area contributed by atoms with Crippen LogP contribution in [-0.4, -0.2) is 117 Å². The maximum absolute atomic E-state index is 15.7. The lowest BCUT2D eigenvalue weighted by Gasteiger charge is -2.30. The topological polar surface area (TPSA) is 304 Å². The fourth-order valence-electron chi connectivity index (χ4n) is 8.98. The number of benzene rings is 5. The van der Waals surface area contributed by atoms with Crippen LogP contribution in [-0.2, 0) is 47.6 Å². The number of hydrazone groups is 2. The lowest BCUT2D eigenvalue weighted by atomic mass is 10.1. The van der Waals surface area contributed by atoms with Gasteiger partial charge in [0.1, 0.15) is 33.6 Å². The Kier molecular flexibility index (Phi) is 29.0. The van der Waals surface area contributed by atoms with Gasteiger partial charge in [-0.15, -0.1) is 0 Å². The number of carbonyl (C=O) groups excluding carboxylic acids is 12. The molecule has 0 fully saturated rings. The summed E-state index contributed by atoms with van der Waals surface area (Å²) in [6, 6.07) is 17.0. The first-order chi connectivity index (χ1) is 50.8. The Labute approximate surface area is 662 Å². The molecule has 0 aliphatic rings. The molecule has 0 spiro atoms. The quantitative estimate of drug-likeness (QED) is 0.0163. The molecule has 0 saturated carbocycles. The van der Waals surface area contributed by atoms with E-state index in [-0.39, 0.29) is 47.9 Å². The van der Waals surface area contributed by atoms with E-state index in [4.69, 9.17) is 86.4 Å². The number of imide groups is 4. The number of ether oxygens (including phenoxy) is 6. The van der Waals surface area contributed by atoms with Crippen LogP contribution in [0.25, 0.3) is 0 Å². The van der Waals surface area contributed by atoms with E-state index in [1.165, 1.54) is 171 Å². The molecule has 582 valence electrons. The van der Waals surface area contributed by atoms with Crippen molar-refractivity contribution in [1.82, 2.24) is 0 Å². The first kappa shape index (κ1) is 89.6. The smallest absolute Gasteiger partial charge is 0.436 e. The molecule has 0 atom stereocenters. The number of ketones is 2. The Bertz CT molecular complexity index is 4450. The summed E-state index contributed by atoms with van der Waals surface area (Å²) in [5, 5.41) is 7.77. The Morgan fingerprint density at radius 3 is 0.909 bits per heavy atom. The van der Waals surface area contributed by atoms with Crippen molar-refractivity contribution < 1.29 is 86.0 Å². The van der Waals surface area contributed by atoms with Crippen LogP contribution in [0, 0.1) is 20.8 Å². The number of Topliss-reactive ketones (excluding diaryl/α,β-unsaturated/α-hetero) is 2. The summed E-state index contributed by atoms with van der Waals surface area (Å²) in [5.41, 5.74) is -14.9. The molecule has 5 aromatic rings. The van der Waals surface area contributed by atoms with Crippen molar-refractivity contribution in [3.05, 3.63) is 214 Å². The van der Waals surface area contributed by atoms with Gasteiger partial charge >= 0.3 is 36.6 Å². The molecule has 0 unspecified atom stereocenters. The number of rotatable bonds is 26. The van der Waals surface area contributed by atoms with Crippen LogP contribution in [0.3, 0.4) is 0 Å². The molecular formula is C79H83Cl5N8O18. The maximum Gasteiger partial charge on any atom is 0.436 e. The zero-order valence-corrected chi connectivity index (χ0v) is 67.4. The molecule has 0 aliphatic carbocycles. The summed E-state index contributed by atoms with van der Waals surface area (Å²) in [7, 11) is 0. The highest BCUT2D eigenvalue weighted by molar-refractivity contribution is 6.70. The van der Waals surface area contributed by atoms with Gasteiger partial charge in [-0.25, -0.2) is 48.4 Å². The van der Waals surface area contributed by atoms with Crippen LogP contribution in [0.2, 0.25) is 25.1 Å². The van der Waals surface area contributed by atoms with Crippen molar-refractivity contribution in [3.63, 3.8) is 0 Å². The van der Waals surface area contributed by atoms with Crippen LogP contribution < -0.4 is 29.6 Å². The minimum absolute atomic E-state index is 0.0437. The highest BCUT2D eigenvalue weighted by atomic mass is 35.5. The summed E-state index contributed by atoms with van der Waals surface area (Å²) < 4.78 is 34.4. The second-order valence-corrected chi connectivity index (χ2v) is 29.5. The molecule has 0 saturated heterocycles. The third-order valence-corrected chi connectivity index (χ3v) is 17.7. The Balaban J connectivity index is 1.85. The van der Waals surface area contributed by atoms with Crippen molar-refractivity contribution in [2.24, 2.45) is 10.2 Å². The third-order valence-electron chi connectivity index (χ3n) is 16.0. The standard InChI is InChI=1S/C79H83Cl5N8O18/c1-24-74(12,13)105-68(99)87(56-34-30-32-51(80)45(56)8)64(95)49-36-38-53(82)60(41-49)91(72(103)109-78(20,21)28-5)85-62(47(10)93)66(97)89(70(101)107-76(16,17)26-3)58-43-55(84)59(40-44(58)7)90(71(102)108-77(18,19)27-4)67(98)63(48(11)94)86-92(73(104)110-79(22,23)29-6)61-42-50(37-39-54(61)83)65(96)88(69(100)106-75(14,15)25-2)57-35-31-33-52(81)46(57)9/h24-43H,1-6H2,7-23H3/b85-62+,86-63+. The molecule has 31 heteroatoms. The van der Waals surface area contributed by atoms with Crippen LogP contribution in [0.4, 0.5) is 62.9 Å². The fourth-order valence-corrected chi connectivity index (χ4v) is 9.95. The molecule has 110 heavy (non-hydrogen) atoms. The van der Waals surface area contributed by atoms with Gasteiger partial charge in [-0.2, -0.15) is 20.2 Å². The largest absolute Gasteiger partial charge is 0.439 e. The first-order valence-electron chi connectivity index (χ1n) is 33.1. The second kappa shape index (κ2) is 35.6. The van der Waals surface area contributed by atoms with Crippen molar-refractivity contribution >= 4 is 175 Å². The lowest BCUT2D eigenvalue weighted by molar-refractivity contribution is -0.117. The molecule has 0 aliphatic heterocycles. The van der Waals surface area contributed by atoms with Gasteiger partial charge in [-0.05, 0) is 230 Å². The van der Waals surface area contributed by atoms with E-state index < -0.39 is 166 Å². The van der Waals surface area contributed by atoms with Crippen molar-refractivity contribution in [2.45, 2.75) is 151 Å². The van der Waals surface area contributed by atoms with E-state index in [0.717, 1.165) is 68.5 Å². The highest BCUT2D eigenvalue weighted by Gasteiger charge is 2.43. The van der Waals surface area contributed by atoms with Crippen molar-refractivity contribution in [2.75, 3.05) is 29.6 Å². The number of anilines is 6. The molecule has 5 rings (SSSR count). The fraction of sp³-hybridized carbons (Fsp3) is 0.291. The summed E-state index contributed by atoms with van der Waals surface area (Å²) in [5.74, 6) is -8.19. The van der Waals surface area contributed by atoms with Crippen molar-refractivity contribution in [1.29, 1.82) is 0 Å². The SMILES string of the molecule is C=CC(C)(C)OC(=O)N(/N=C(\C(C)=O)C(=O)N(C(=O)OC(C)(C)C=C)c1cc(Cl)c(N(C(=O)OC(C)(C)C=C)C(=O)/C(=N/N(C(=O)OC(C)(C)C=C)c2cc(C(=O)N(C(=O)OC(C)(C)C=C)c3cccc(Cl)c3C)ccc2Cl)C(C)=O)cc1C)c1cc(C(=O)N(C(=O)OC(C)(C)C=C)c2cccc(Cl)c2C)ccc1Cl. The Morgan fingerprint density at radius 2 is 0.618 bits per heavy atom. The molecule has 0 bridgehead atoms. The van der Waals surface area contributed by atoms with Gasteiger partial charge < -0.3 is 28.4 Å². The lowest BCUT2D eigenvalue weighted by Crippen LogP contribution is -2.48. The van der Waals surface area contributed by atoms with Crippen LogP contribution in [0.15, 0.2) is 171 Å². The second-order valence-electron chi connectivity index (χ2n) is 27.4. The van der Waals surface area contributed by atoms with Crippen LogP contribution >= 0.6 is 58.0 Å². The number of halogens is 5. The van der Waals surface area contributed by atoms with Gasteiger partial charge in [-0.1, -0.05) is 110 Å². The summed E-state index contributed by atoms with van der Waals surface area (Å²) in [6.45, 7) is 45.1. The monoisotopic (exact) mass is 1610 g/mol. The van der Waals surface area contributed by atoms with E-state index in [9.17, 15) is 47.9 Å². The number of carbonyl (C=O) groups is 12. The summed E-state index contributed by atoms with van der Waals surface area (Å²) in [6.07, 6.45) is -1.28. The van der Waals surface area contributed by atoms with Gasteiger partial charge in [0.15, 0.2) is 23.0 Å². The minimum atomic E-state index is -1.72. The van der Waals surface area contributed by atoms with Crippen molar-refractivity contribution in [3.8, 4) is 0 Å². The number of aryl methyl sites for hydroxylation is 1. The number of amides is 10. The van der Waals surface area contributed by atoms with Gasteiger partial charge in [0.05, 0.1) is 49.2 Å². The molecule has 10 amide bonds. The van der Waals surface area contributed by atoms with E-state index in [0.29, 0.717) is 19.8 Å². The minimum Gasteiger partial charge on any atom is -0.439 e. The third kappa shape index (κ3) is 21.7. The number of nitrogens with zero attached hydrogens (tertiary/aromatic N) is 8. The molecular weight excluding hydrogens is 1530 g/mol. The average Bonchev–Trinajstić information content (AvgIpc) is 0.769. The maximum atomic E-state index is 15.7. The molecule has 5 aromatic carbocycles. The van der Waals surface area contributed by atoms with Gasteiger partial charge in [0.25, 0.3) is 23.6 Å². The van der Waals surface area contributed by atoms with E-state index in [1.807, 2.05) is 0 Å². The Morgan fingerprint density at radius 1 is 0.336 bits per heavy atom. The van der Waals surface area contributed by atoms with Gasteiger partial charge in [-0.3, -0.25) is 28.8 Å². The van der Waals surface area contributed by atoms with E-state index >= 15 is 9.59 Å². The zero-order chi connectivity index (χ0) is 83.6. The average molecular weight is 1610 g/mol. The van der Waals surface area contributed by atoms with Crippen LogP contribution in [0.1, 0.15) is 134 Å². The molecule has 0 radical (unpaired) electrons. The Hall–Kier alpha value is -11.0. The number of hydrogen-bond donors (Lipinski definition) is 0. The van der Waals surface area contributed by atoms with E-state index in [2.05, 4.69) is 49.7 Å². The van der Waals surface area contributed by atoms with Gasteiger partial charge in [0, 0.05) is 35.0 Å². The highest BCUT2D eigenvalue weighted by Crippen LogP contribution is 2.40. The zero-order valence-electron chi connectivity index (χ0n) is 63.6. The van der Waals surface area contributed by atoms with Crippen LogP contribution in [0.5, 0.6) is 0 Å². The summed E-state index contributed by atoms with van der Waals surface area (Å²) in [4.78, 5) is 179. The molecule has 0 aromatic heterocycles. The molecule has 0 N–H and O–H groups in total. The predicted octanol–water partition coefficient (Wildman–Crippen LogP) is 19.3. The molecule has 26 nitrogen and oxygen atoms in total. The summed E-state index contributed by atoms with van der Waals surface area (Å²) >= 11 is 33.9. The molecule has 0 heterocycles. The first-order valence-corrected chi connectivity index (χ1v) is 35.0. The van der Waals surface area contributed by atoms with Gasteiger partial charge in [0.2, 0.25) is 0 Å². The van der Waals surface area contributed by atoms with E-state index in [1.54, 1.807) is 0 Å². The predicted molar refractivity (Wildman–Crippen MR) is 426 cm³/mol.